The van der Waals surface area contributed by atoms with E-state index in [9.17, 15) is 24.2 Å². The summed E-state index contributed by atoms with van der Waals surface area (Å²) in [6.07, 6.45) is -0.129. The number of rotatable bonds is 13. The number of benzene rings is 2. The summed E-state index contributed by atoms with van der Waals surface area (Å²) in [5.74, 6) is -1.83. The lowest BCUT2D eigenvalue weighted by atomic mass is 9.86. The molecule has 4 atom stereocenters. The average molecular weight is 504 g/mol. The first-order valence-electron chi connectivity index (χ1n) is 12.2. The predicted molar refractivity (Wildman–Crippen MR) is 135 cm³/mol. The lowest BCUT2D eigenvalue weighted by molar-refractivity contribution is -0.140. The topological polar surface area (TPSA) is 105 Å². The Kier molecular flexibility index (Phi) is 11.3. The van der Waals surface area contributed by atoms with Gasteiger partial charge in [-0.25, -0.2) is 14.0 Å². The molecule has 0 fully saturated rings. The number of halogens is 1. The molecule has 36 heavy (non-hydrogen) atoms. The Labute approximate surface area is 212 Å². The number of aliphatic hydroxyl groups is 1. The largest absolute Gasteiger partial charge is 0.480 e. The molecule has 0 aliphatic carbocycles. The van der Waals surface area contributed by atoms with E-state index in [0.29, 0.717) is 19.3 Å². The average Bonchev–Trinajstić information content (AvgIpc) is 2.79. The molecular weight excluding hydrogens is 465 g/mol. The standard InChI is InChI=1S/C28H38FNO6/c1-19(31)23(18-21-10-13-22(29)14-11-21)25(15-12-20-8-6-5-7-9-20)35-17-16-24(26(32)33)30-27(34)36-28(2,3)4/h5-11,13-14,19,23-25,31H,12,15-18H2,1-4H3,(H,30,34)(H,32,33)/t19-,23-,24?,25+/m0/s1. The summed E-state index contributed by atoms with van der Waals surface area (Å²) < 4.78 is 24.7. The van der Waals surface area contributed by atoms with Gasteiger partial charge in [0.05, 0.1) is 12.2 Å². The van der Waals surface area contributed by atoms with E-state index in [-0.39, 0.29) is 24.8 Å². The van der Waals surface area contributed by atoms with E-state index in [0.717, 1.165) is 11.1 Å². The molecular formula is C28H38FNO6. The number of carboxylic acid groups (broad SMARTS) is 1. The van der Waals surface area contributed by atoms with Crippen molar-refractivity contribution in [3.63, 3.8) is 0 Å². The van der Waals surface area contributed by atoms with Gasteiger partial charge in [0, 0.05) is 18.9 Å². The van der Waals surface area contributed by atoms with Crippen LogP contribution in [0.25, 0.3) is 0 Å². The van der Waals surface area contributed by atoms with Gasteiger partial charge in [0.15, 0.2) is 0 Å². The zero-order chi connectivity index (χ0) is 26.7. The first-order chi connectivity index (χ1) is 16.9. The van der Waals surface area contributed by atoms with Crippen molar-refractivity contribution in [1.82, 2.24) is 5.32 Å². The minimum atomic E-state index is -1.19. The Hall–Kier alpha value is -2.97. The molecule has 0 spiro atoms. The van der Waals surface area contributed by atoms with Crippen molar-refractivity contribution in [3.8, 4) is 0 Å². The summed E-state index contributed by atoms with van der Waals surface area (Å²) in [5.41, 5.74) is 1.23. The third-order valence-corrected chi connectivity index (χ3v) is 5.77. The van der Waals surface area contributed by atoms with Crippen LogP contribution in [-0.2, 0) is 27.1 Å². The molecule has 0 saturated carbocycles. The van der Waals surface area contributed by atoms with Crippen LogP contribution in [0.1, 0.15) is 51.7 Å². The monoisotopic (exact) mass is 503 g/mol. The number of ether oxygens (including phenoxy) is 2. The number of carbonyl (C=O) groups is 2. The number of alkyl carbamates (subject to hydrolysis) is 1. The molecule has 8 heteroatoms. The molecule has 0 aliphatic rings. The molecule has 0 aliphatic heterocycles. The highest BCUT2D eigenvalue weighted by atomic mass is 19.1. The zero-order valence-electron chi connectivity index (χ0n) is 21.4. The van der Waals surface area contributed by atoms with Gasteiger partial charge >= 0.3 is 12.1 Å². The molecule has 3 N–H and O–H groups in total. The maximum Gasteiger partial charge on any atom is 0.408 e. The van der Waals surface area contributed by atoms with Gasteiger partial charge in [0.1, 0.15) is 17.5 Å². The molecule has 0 saturated heterocycles. The van der Waals surface area contributed by atoms with Crippen molar-refractivity contribution in [2.45, 2.75) is 77.2 Å². The molecule has 2 rings (SSSR count). The van der Waals surface area contributed by atoms with E-state index < -0.39 is 35.9 Å². The van der Waals surface area contributed by atoms with Gasteiger partial charge in [-0.3, -0.25) is 0 Å². The Bertz CT molecular complexity index is 943. The van der Waals surface area contributed by atoms with Crippen molar-refractivity contribution in [2.24, 2.45) is 5.92 Å². The minimum absolute atomic E-state index is 0.0273. The van der Waals surface area contributed by atoms with Crippen LogP contribution in [0.15, 0.2) is 54.6 Å². The molecule has 1 amide bonds. The second-order valence-electron chi connectivity index (χ2n) is 9.99. The summed E-state index contributed by atoms with van der Waals surface area (Å²) in [6.45, 7) is 6.83. The number of carbonyl (C=O) groups excluding carboxylic acids is 1. The SMILES string of the molecule is C[C@H](O)[C@H](Cc1ccc(F)cc1)[C@@H](CCc1ccccc1)OCCC(NC(=O)OC(C)(C)C)C(=O)O. The highest BCUT2D eigenvalue weighted by Crippen LogP contribution is 2.24. The quantitative estimate of drug-likeness (QED) is 0.364. The first kappa shape index (κ1) is 29.3. The molecule has 198 valence electrons. The molecule has 7 nitrogen and oxygen atoms in total. The number of aryl methyl sites for hydroxylation is 1. The summed E-state index contributed by atoms with van der Waals surface area (Å²) in [4.78, 5) is 23.8. The van der Waals surface area contributed by atoms with Gasteiger partial charge in [0.2, 0.25) is 0 Å². The van der Waals surface area contributed by atoms with Crippen molar-refractivity contribution in [3.05, 3.63) is 71.5 Å². The highest BCUT2D eigenvalue weighted by molar-refractivity contribution is 5.79. The van der Waals surface area contributed by atoms with Crippen LogP contribution in [0.5, 0.6) is 0 Å². The fraction of sp³-hybridized carbons (Fsp3) is 0.500. The van der Waals surface area contributed by atoms with Crippen LogP contribution in [0.3, 0.4) is 0 Å². The van der Waals surface area contributed by atoms with Gasteiger partial charge in [-0.2, -0.15) is 0 Å². The second-order valence-corrected chi connectivity index (χ2v) is 9.99. The number of aliphatic hydroxyl groups excluding tert-OH is 1. The molecule has 0 aromatic heterocycles. The van der Waals surface area contributed by atoms with Gasteiger partial charge < -0.3 is 25.0 Å². The summed E-state index contributed by atoms with van der Waals surface area (Å²) in [6, 6.07) is 14.8. The van der Waals surface area contributed by atoms with Crippen LogP contribution in [0, 0.1) is 11.7 Å². The highest BCUT2D eigenvalue weighted by Gasteiger charge is 2.29. The number of nitrogens with one attached hydrogen (secondary N) is 1. The van der Waals surface area contributed by atoms with E-state index in [4.69, 9.17) is 9.47 Å². The molecule has 1 unspecified atom stereocenters. The van der Waals surface area contributed by atoms with Crippen LogP contribution in [-0.4, -0.2) is 52.7 Å². The number of aliphatic carboxylic acids is 1. The molecule has 2 aromatic rings. The van der Waals surface area contributed by atoms with Crippen molar-refractivity contribution < 1.29 is 33.7 Å². The second kappa shape index (κ2) is 13.9. The Morgan fingerprint density at radius 2 is 1.64 bits per heavy atom. The molecule has 2 aromatic carbocycles. The molecule has 0 bridgehead atoms. The van der Waals surface area contributed by atoms with Crippen LogP contribution in [0.4, 0.5) is 9.18 Å². The van der Waals surface area contributed by atoms with Crippen LogP contribution >= 0.6 is 0 Å². The fourth-order valence-corrected chi connectivity index (χ4v) is 3.92. The van der Waals surface area contributed by atoms with Gasteiger partial charge in [-0.05, 0) is 70.2 Å². The fourth-order valence-electron chi connectivity index (χ4n) is 3.92. The summed E-state index contributed by atoms with van der Waals surface area (Å²) in [5, 5.41) is 22.5. The van der Waals surface area contributed by atoms with Crippen LogP contribution in [0.2, 0.25) is 0 Å². The van der Waals surface area contributed by atoms with Gasteiger partial charge in [-0.1, -0.05) is 42.5 Å². The smallest absolute Gasteiger partial charge is 0.408 e. The molecule has 0 heterocycles. The Morgan fingerprint density at radius 3 is 2.19 bits per heavy atom. The number of hydrogen-bond acceptors (Lipinski definition) is 5. The predicted octanol–water partition coefficient (Wildman–Crippen LogP) is 4.75. The zero-order valence-corrected chi connectivity index (χ0v) is 21.4. The number of carboxylic acids is 1. The van der Waals surface area contributed by atoms with E-state index in [1.54, 1.807) is 39.8 Å². The molecule has 0 radical (unpaired) electrons. The minimum Gasteiger partial charge on any atom is -0.480 e. The number of amides is 1. The van der Waals surface area contributed by atoms with Crippen molar-refractivity contribution in [1.29, 1.82) is 0 Å². The van der Waals surface area contributed by atoms with Gasteiger partial charge in [0.25, 0.3) is 0 Å². The maximum atomic E-state index is 13.4. The lowest BCUT2D eigenvalue weighted by Gasteiger charge is -2.30. The van der Waals surface area contributed by atoms with Gasteiger partial charge in [-0.15, -0.1) is 0 Å². The maximum absolute atomic E-state index is 13.4. The normalized spacial score (nSPS) is 14.9. The van der Waals surface area contributed by atoms with Crippen molar-refractivity contribution in [2.75, 3.05) is 6.61 Å². The number of hydrogen-bond donors (Lipinski definition) is 3. The Balaban J connectivity index is 2.10. The van der Waals surface area contributed by atoms with E-state index in [1.165, 1.54) is 12.1 Å². The lowest BCUT2D eigenvalue weighted by Crippen LogP contribution is -2.44. The Morgan fingerprint density at radius 1 is 1.00 bits per heavy atom. The first-order valence-corrected chi connectivity index (χ1v) is 12.2. The van der Waals surface area contributed by atoms with E-state index in [2.05, 4.69) is 5.32 Å². The van der Waals surface area contributed by atoms with Crippen molar-refractivity contribution >= 4 is 12.1 Å². The summed E-state index contributed by atoms with van der Waals surface area (Å²) in [7, 11) is 0. The van der Waals surface area contributed by atoms with E-state index in [1.807, 2.05) is 30.3 Å². The van der Waals surface area contributed by atoms with Crippen LogP contribution < -0.4 is 5.32 Å². The third kappa shape index (κ3) is 10.7. The third-order valence-electron chi connectivity index (χ3n) is 5.77. The van der Waals surface area contributed by atoms with E-state index >= 15 is 0 Å². The summed E-state index contributed by atoms with van der Waals surface area (Å²) >= 11 is 0.